The van der Waals surface area contributed by atoms with Gasteiger partial charge in [0.1, 0.15) is 0 Å². The van der Waals surface area contributed by atoms with Crippen LogP contribution in [-0.4, -0.2) is 15.9 Å². The van der Waals surface area contributed by atoms with E-state index in [-0.39, 0.29) is 17.4 Å². The molecule has 0 N–H and O–H groups in total. The van der Waals surface area contributed by atoms with Gasteiger partial charge in [-0.05, 0) is 36.2 Å². The van der Waals surface area contributed by atoms with Crippen molar-refractivity contribution in [2.45, 2.75) is 12.8 Å². The molecule has 1 atom stereocenters. The van der Waals surface area contributed by atoms with Crippen molar-refractivity contribution >= 4 is 5.52 Å². The van der Waals surface area contributed by atoms with E-state index in [2.05, 4.69) is 10.5 Å². The average molecular weight is 280 g/mol. The van der Waals surface area contributed by atoms with Gasteiger partial charge in [0, 0.05) is 22.3 Å². The number of nitro groups is 1. The fourth-order valence-electron chi connectivity index (χ4n) is 2.91. The second-order valence-corrected chi connectivity index (χ2v) is 5.19. The highest BCUT2D eigenvalue weighted by Crippen LogP contribution is 2.29. The molecule has 3 rings (SSSR count). The van der Waals surface area contributed by atoms with E-state index in [4.69, 9.17) is 0 Å². The van der Waals surface area contributed by atoms with Gasteiger partial charge in [-0.15, -0.1) is 0 Å². The first-order valence-corrected chi connectivity index (χ1v) is 6.90. The monoisotopic (exact) mass is 280 g/mol. The molecule has 0 radical (unpaired) electrons. The molecule has 0 fully saturated rings. The number of nitrogens with zero attached hydrogens (tertiary/aromatic N) is 2. The van der Waals surface area contributed by atoms with Crippen LogP contribution in [0.5, 0.6) is 0 Å². The van der Waals surface area contributed by atoms with Crippen molar-refractivity contribution in [3.8, 4) is 0 Å². The van der Waals surface area contributed by atoms with E-state index in [1.54, 1.807) is 0 Å². The van der Waals surface area contributed by atoms with Crippen LogP contribution in [-0.2, 0) is 0 Å². The molecule has 21 heavy (non-hydrogen) atoms. The highest BCUT2D eigenvalue weighted by Gasteiger charge is 2.24. The molecule has 1 aromatic carbocycles. The van der Waals surface area contributed by atoms with E-state index in [9.17, 15) is 10.1 Å². The van der Waals surface area contributed by atoms with Crippen LogP contribution in [0.25, 0.3) is 5.52 Å². The fourth-order valence-corrected chi connectivity index (χ4v) is 2.91. The second-order valence-electron chi connectivity index (χ2n) is 5.19. The van der Waals surface area contributed by atoms with Gasteiger partial charge in [-0.2, -0.15) is 0 Å². The molecule has 0 amide bonds. The van der Waals surface area contributed by atoms with Gasteiger partial charge < -0.3 is 4.40 Å². The summed E-state index contributed by atoms with van der Waals surface area (Å²) < 4.78 is 2.05. The minimum Gasteiger partial charge on any atom is -0.320 e. The summed E-state index contributed by atoms with van der Waals surface area (Å²) in [6.45, 7) is 1.91. The van der Waals surface area contributed by atoms with Crippen LogP contribution in [0.15, 0.2) is 60.8 Å². The van der Waals surface area contributed by atoms with Crippen molar-refractivity contribution in [2.24, 2.45) is 0 Å². The van der Waals surface area contributed by atoms with Crippen LogP contribution >= 0.6 is 0 Å². The number of benzene rings is 1. The Morgan fingerprint density at radius 2 is 1.86 bits per heavy atom. The smallest absolute Gasteiger partial charge is 0.216 e. The topological polar surface area (TPSA) is 47.5 Å². The molecule has 0 unspecified atom stereocenters. The summed E-state index contributed by atoms with van der Waals surface area (Å²) in [5, 5.41) is 11.1. The molecule has 4 nitrogen and oxygen atoms in total. The molecule has 0 aliphatic heterocycles. The molecule has 0 aliphatic carbocycles. The van der Waals surface area contributed by atoms with E-state index in [0.717, 1.165) is 22.3 Å². The molecule has 4 heteroatoms. The van der Waals surface area contributed by atoms with E-state index < -0.39 is 0 Å². The van der Waals surface area contributed by atoms with E-state index in [1.807, 2.05) is 61.7 Å². The summed E-state index contributed by atoms with van der Waals surface area (Å²) in [5.74, 6) is -0.244. The maximum absolute atomic E-state index is 11.1. The normalized spacial score (nSPS) is 12.4. The molecule has 2 aromatic heterocycles. The van der Waals surface area contributed by atoms with Gasteiger partial charge in [0.25, 0.3) is 0 Å². The Kier molecular flexibility index (Phi) is 3.44. The Bertz CT molecular complexity index is 778. The van der Waals surface area contributed by atoms with Crippen molar-refractivity contribution in [3.63, 3.8) is 0 Å². The van der Waals surface area contributed by atoms with Crippen molar-refractivity contribution < 1.29 is 4.92 Å². The van der Waals surface area contributed by atoms with Crippen molar-refractivity contribution in [2.75, 3.05) is 6.54 Å². The number of hydrogen-bond donors (Lipinski definition) is 0. The number of rotatable bonds is 4. The SMILES string of the molecule is Cc1cc2ccccn2c1[C@H](C[N+](=O)[O-])c1ccccc1. The maximum Gasteiger partial charge on any atom is 0.216 e. The van der Waals surface area contributed by atoms with Crippen LogP contribution in [0, 0.1) is 17.0 Å². The van der Waals surface area contributed by atoms with Crippen molar-refractivity contribution in [1.82, 2.24) is 4.40 Å². The van der Waals surface area contributed by atoms with Gasteiger partial charge in [-0.1, -0.05) is 36.4 Å². The maximum atomic E-state index is 11.1. The Hall–Kier alpha value is -2.62. The zero-order chi connectivity index (χ0) is 14.8. The molecule has 0 saturated heterocycles. The van der Waals surface area contributed by atoms with Gasteiger partial charge in [0.05, 0.1) is 5.92 Å². The minimum atomic E-state index is -0.244. The molecule has 0 aliphatic rings. The van der Waals surface area contributed by atoms with E-state index in [1.165, 1.54) is 0 Å². The molecule has 0 spiro atoms. The lowest BCUT2D eigenvalue weighted by Crippen LogP contribution is -2.16. The van der Waals surface area contributed by atoms with Crippen LogP contribution < -0.4 is 0 Å². The predicted molar refractivity (Wildman–Crippen MR) is 82.3 cm³/mol. The highest BCUT2D eigenvalue weighted by atomic mass is 16.6. The number of aromatic nitrogens is 1. The first-order chi connectivity index (χ1) is 10.2. The third kappa shape index (κ3) is 2.52. The van der Waals surface area contributed by atoms with Crippen molar-refractivity contribution in [3.05, 3.63) is 87.7 Å². The van der Waals surface area contributed by atoms with Crippen LogP contribution in [0.1, 0.15) is 22.7 Å². The lowest BCUT2D eigenvalue weighted by Gasteiger charge is -2.15. The zero-order valence-corrected chi connectivity index (χ0v) is 11.8. The molecule has 0 saturated carbocycles. The molecule has 106 valence electrons. The highest BCUT2D eigenvalue weighted by molar-refractivity contribution is 5.55. The third-order valence-corrected chi connectivity index (χ3v) is 3.78. The summed E-state index contributed by atoms with van der Waals surface area (Å²) in [6, 6.07) is 17.7. The summed E-state index contributed by atoms with van der Waals surface area (Å²) in [4.78, 5) is 10.9. The average Bonchev–Trinajstić information content (AvgIpc) is 2.81. The van der Waals surface area contributed by atoms with Gasteiger partial charge in [0.15, 0.2) is 0 Å². The van der Waals surface area contributed by atoms with Gasteiger partial charge in [-0.25, -0.2) is 0 Å². The first kappa shape index (κ1) is 13.4. The Labute approximate surface area is 122 Å². The van der Waals surface area contributed by atoms with Crippen LogP contribution in [0.2, 0.25) is 0 Å². The lowest BCUT2D eigenvalue weighted by atomic mass is 9.93. The third-order valence-electron chi connectivity index (χ3n) is 3.78. The fraction of sp³-hybridized carbons (Fsp3) is 0.176. The molecular formula is C17H16N2O2. The molecule has 3 aromatic rings. The van der Waals surface area contributed by atoms with E-state index in [0.29, 0.717) is 0 Å². The predicted octanol–water partition coefficient (Wildman–Crippen LogP) is 3.66. The van der Waals surface area contributed by atoms with E-state index >= 15 is 0 Å². The number of hydrogen-bond acceptors (Lipinski definition) is 2. The minimum absolute atomic E-state index is 0.105. The van der Waals surface area contributed by atoms with Gasteiger partial charge in [0.2, 0.25) is 6.54 Å². The Morgan fingerprint density at radius 1 is 1.14 bits per heavy atom. The van der Waals surface area contributed by atoms with Crippen LogP contribution in [0.3, 0.4) is 0 Å². The number of pyridine rings is 1. The Balaban J connectivity index is 2.19. The Morgan fingerprint density at radius 3 is 2.57 bits per heavy atom. The largest absolute Gasteiger partial charge is 0.320 e. The zero-order valence-electron chi connectivity index (χ0n) is 11.8. The molecule has 0 bridgehead atoms. The summed E-state index contributed by atoms with van der Waals surface area (Å²) in [7, 11) is 0. The second kappa shape index (κ2) is 5.40. The summed E-state index contributed by atoms with van der Waals surface area (Å²) in [6.07, 6.45) is 1.97. The quantitative estimate of drug-likeness (QED) is 0.541. The first-order valence-electron chi connectivity index (χ1n) is 6.90. The van der Waals surface area contributed by atoms with Gasteiger partial charge in [-0.3, -0.25) is 10.1 Å². The molecule has 2 heterocycles. The summed E-state index contributed by atoms with van der Waals surface area (Å²) in [5.41, 5.74) is 4.11. The number of fused-ring (bicyclic) bond motifs is 1. The van der Waals surface area contributed by atoms with Crippen LogP contribution in [0.4, 0.5) is 0 Å². The number of aryl methyl sites for hydroxylation is 1. The summed E-state index contributed by atoms with van der Waals surface area (Å²) >= 11 is 0. The lowest BCUT2D eigenvalue weighted by molar-refractivity contribution is -0.482. The molecular weight excluding hydrogens is 264 g/mol. The van der Waals surface area contributed by atoms with Gasteiger partial charge >= 0.3 is 0 Å². The van der Waals surface area contributed by atoms with Crippen molar-refractivity contribution in [1.29, 1.82) is 0 Å². The standard InChI is InChI=1S/C17H16N2O2/c1-13-11-15-9-5-6-10-18(15)17(13)16(12-19(20)21)14-7-3-2-4-8-14/h2-11,16H,12H2,1H3/t16-/m1/s1.